The number of ketones is 1. The number of phenolic OH excluding ortho intramolecular Hbond substituents is 1. The summed E-state index contributed by atoms with van der Waals surface area (Å²) < 4.78 is 0. The largest absolute Gasteiger partial charge is 0.505 e. The van der Waals surface area contributed by atoms with Crippen LogP contribution in [-0.4, -0.2) is 58.5 Å². The number of pyridine rings is 2. The highest BCUT2D eigenvalue weighted by Crippen LogP contribution is 2.38. The molecule has 0 aliphatic carbocycles. The van der Waals surface area contributed by atoms with Gasteiger partial charge in [-0.2, -0.15) is 0 Å². The number of Topliss-reactive ketones (excluding diaryl/α,β-unsaturated/α-hetero) is 1. The number of anilines is 1. The van der Waals surface area contributed by atoms with Crippen LogP contribution < -0.4 is 4.90 Å². The summed E-state index contributed by atoms with van der Waals surface area (Å²) in [7, 11) is 0. The Morgan fingerprint density at radius 1 is 1.08 bits per heavy atom. The molecule has 36 heavy (non-hydrogen) atoms. The molecule has 8 heteroatoms. The number of halogens is 2. The molecule has 0 unspecified atom stereocenters. The van der Waals surface area contributed by atoms with Gasteiger partial charge in [0, 0.05) is 24.8 Å². The van der Waals surface area contributed by atoms with Crippen LogP contribution in [0, 0.1) is 5.92 Å². The normalized spacial score (nSPS) is 16.9. The molecule has 4 heterocycles. The van der Waals surface area contributed by atoms with E-state index in [0.29, 0.717) is 28.3 Å². The minimum atomic E-state index is -0.147. The minimum Gasteiger partial charge on any atom is -0.505 e. The lowest BCUT2D eigenvalue weighted by atomic mass is 9.92. The quantitative estimate of drug-likeness (QED) is 0.352. The Bertz CT molecular complexity index is 1230. The van der Waals surface area contributed by atoms with Crippen molar-refractivity contribution in [2.75, 3.05) is 37.6 Å². The maximum Gasteiger partial charge on any atom is 0.163 e. The molecule has 0 atom stereocenters. The van der Waals surface area contributed by atoms with Crippen molar-refractivity contribution in [3.8, 4) is 17.0 Å². The Labute approximate surface area is 223 Å². The van der Waals surface area contributed by atoms with Crippen molar-refractivity contribution >= 4 is 45.7 Å². The number of fused-ring (bicyclic) bond motifs is 1. The molecule has 0 amide bonds. The first-order valence-electron chi connectivity index (χ1n) is 12.4. The van der Waals surface area contributed by atoms with Crippen LogP contribution in [0.5, 0.6) is 5.75 Å². The first kappa shape index (κ1) is 26.6. The number of piperidine rings is 1. The van der Waals surface area contributed by atoms with Gasteiger partial charge >= 0.3 is 0 Å². The molecule has 3 aromatic rings. The van der Waals surface area contributed by atoms with E-state index in [1.807, 2.05) is 12.1 Å². The van der Waals surface area contributed by atoms with Gasteiger partial charge in [-0.25, -0.2) is 4.98 Å². The molecule has 0 saturated carbocycles. The number of likely N-dealkylation sites (tertiary alicyclic amines) is 1. The maximum atomic E-state index is 12.6. The predicted molar refractivity (Wildman–Crippen MR) is 149 cm³/mol. The number of nitrogens with zero attached hydrogens (tertiary/aromatic N) is 4. The lowest BCUT2D eigenvalue weighted by Gasteiger charge is -2.35. The number of aromatic hydroxyl groups is 1. The summed E-state index contributed by atoms with van der Waals surface area (Å²) in [6.07, 6.45) is 7.80. The molecule has 2 aliphatic rings. The van der Waals surface area contributed by atoms with E-state index in [4.69, 9.17) is 28.2 Å². The smallest absolute Gasteiger partial charge is 0.163 e. The molecule has 2 saturated heterocycles. The molecule has 2 fully saturated rings. The van der Waals surface area contributed by atoms with Gasteiger partial charge in [-0.15, -0.1) is 0 Å². The first-order valence-corrected chi connectivity index (χ1v) is 13.1. The molecule has 0 spiro atoms. The molecule has 0 radical (unpaired) electrons. The molecule has 1 aromatic carbocycles. The molecule has 2 aromatic heterocycles. The van der Waals surface area contributed by atoms with E-state index < -0.39 is 0 Å². The maximum absolute atomic E-state index is 12.6. The Morgan fingerprint density at radius 2 is 1.75 bits per heavy atom. The average Bonchev–Trinajstić information content (AvgIpc) is 3.39. The van der Waals surface area contributed by atoms with Crippen LogP contribution in [-0.2, 0) is 0 Å². The van der Waals surface area contributed by atoms with E-state index in [0.717, 1.165) is 37.1 Å². The fourth-order valence-electron chi connectivity index (χ4n) is 5.32. The highest BCUT2D eigenvalue weighted by atomic mass is 35.5. The SMILES string of the molecule is C.CC(=O)c1cnc2ccc(-c3cc(Cl)c(O)c(Cl)c3)nc2c1N1CCC(CCN2CCCC2)CC1. The Balaban J connectivity index is 0.00000304. The van der Waals surface area contributed by atoms with E-state index in [-0.39, 0.29) is 29.0 Å². The number of aromatic nitrogens is 2. The molecule has 5 rings (SSSR count). The van der Waals surface area contributed by atoms with Crippen LogP contribution in [0.3, 0.4) is 0 Å². The lowest BCUT2D eigenvalue weighted by Crippen LogP contribution is -2.36. The van der Waals surface area contributed by atoms with Crippen LogP contribution in [0.25, 0.3) is 22.3 Å². The van der Waals surface area contributed by atoms with Crippen LogP contribution >= 0.6 is 23.2 Å². The van der Waals surface area contributed by atoms with Gasteiger partial charge in [-0.3, -0.25) is 9.78 Å². The van der Waals surface area contributed by atoms with Gasteiger partial charge in [0.05, 0.1) is 32.5 Å². The highest BCUT2D eigenvalue weighted by molar-refractivity contribution is 6.37. The van der Waals surface area contributed by atoms with Crippen LogP contribution in [0.2, 0.25) is 10.0 Å². The number of carbonyl (C=O) groups excluding carboxylic acids is 1. The molecule has 192 valence electrons. The summed E-state index contributed by atoms with van der Waals surface area (Å²) in [5.41, 5.74) is 4.25. The highest BCUT2D eigenvalue weighted by Gasteiger charge is 2.26. The topological polar surface area (TPSA) is 69.6 Å². The second-order valence-electron chi connectivity index (χ2n) is 9.70. The molecule has 1 N–H and O–H groups in total. The zero-order valence-corrected chi connectivity index (χ0v) is 21.4. The van der Waals surface area contributed by atoms with Crippen molar-refractivity contribution in [2.45, 2.75) is 46.5 Å². The number of phenols is 1. The second-order valence-corrected chi connectivity index (χ2v) is 10.5. The van der Waals surface area contributed by atoms with E-state index in [9.17, 15) is 9.90 Å². The summed E-state index contributed by atoms with van der Waals surface area (Å²) >= 11 is 12.3. The predicted octanol–water partition coefficient (Wildman–Crippen LogP) is 6.85. The second kappa shape index (κ2) is 11.3. The standard InChI is InChI=1S/C27H30Cl2N4O2.CH4/c1-17(34)20-16-30-24-5-4-23(19-14-21(28)27(35)22(29)15-19)31-25(24)26(20)33-12-7-18(8-13-33)6-11-32-9-2-3-10-32;/h4-5,14-16,18,35H,2-3,6-13H2,1H3;1H4. The average molecular weight is 530 g/mol. The Kier molecular flexibility index (Phi) is 8.38. The summed E-state index contributed by atoms with van der Waals surface area (Å²) in [5.74, 6) is 0.547. The lowest BCUT2D eigenvalue weighted by molar-refractivity contribution is 0.101. The molecular formula is C28H34Cl2N4O2. The Hall–Kier alpha value is -2.41. The minimum absolute atomic E-state index is 0. The van der Waals surface area contributed by atoms with Gasteiger partial charge < -0.3 is 14.9 Å². The number of hydrogen-bond acceptors (Lipinski definition) is 6. The summed E-state index contributed by atoms with van der Waals surface area (Å²) in [6, 6.07) is 7.05. The van der Waals surface area contributed by atoms with Gasteiger partial charge in [0.25, 0.3) is 0 Å². The van der Waals surface area contributed by atoms with Crippen molar-refractivity contribution in [1.29, 1.82) is 0 Å². The molecular weight excluding hydrogens is 495 g/mol. The third-order valence-corrected chi connectivity index (χ3v) is 7.94. The fraction of sp³-hybridized carbons (Fsp3) is 0.464. The summed E-state index contributed by atoms with van der Waals surface area (Å²) in [4.78, 5) is 26.9. The molecule has 2 aliphatic heterocycles. The van der Waals surface area contributed by atoms with E-state index in [2.05, 4.69) is 14.8 Å². The van der Waals surface area contributed by atoms with Crippen molar-refractivity contribution in [3.63, 3.8) is 0 Å². The molecule has 0 bridgehead atoms. The van der Waals surface area contributed by atoms with E-state index in [1.165, 1.54) is 38.9 Å². The van der Waals surface area contributed by atoms with Crippen LogP contribution in [0.4, 0.5) is 5.69 Å². The van der Waals surface area contributed by atoms with Gasteiger partial charge in [0.1, 0.15) is 5.52 Å². The number of benzene rings is 1. The van der Waals surface area contributed by atoms with Crippen molar-refractivity contribution < 1.29 is 9.90 Å². The zero-order valence-electron chi connectivity index (χ0n) is 19.9. The monoisotopic (exact) mass is 528 g/mol. The van der Waals surface area contributed by atoms with Gasteiger partial charge in [0.15, 0.2) is 11.5 Å². The summed E-state index contributed by atoms with van der Waals surface area (Å²) in [6.45, 7) is 7.06. The van der Waals surface area contributed by atoms with E-state index in [1.54, 1.807) is 25.3 Å². The van der Waals surface area contributed by atoms with Gasteiger partial charge in [0.2, 0.25) is 0 Å². The van der Waals surface area contributed by atoms with E-state index >= 15 is 0 Å². The third-order valence-electron chi connectivity index (χ3n) is 7.36. The van der Waals surface area contributed by atoms with Crippen molar-refractivity contribution in [3.05, 3.63) is 46.1 Å². The third kappa shape index (κ3) is 5.46. The number of carbonyl (C=O) groups is 1. The first-order chi connectivity index (χ1) is 16.9. The van der Waals surface area contributed by atoms with Crippen molar-refractivity contribution in [2.24, 2.45) is 5.92 Å². The van der Waals surface area contributed by atoms with Crippen LogP contribution in [0.15, 0.2) is 30.5 Å². The van der Waals surface area contributed by atoms with Gasteiger partial charge in [-0.1, -0.05) is 30.6 Å². The zero-order chi connectivity index (χ0) is 24.5. The molecule has 6 nitrogen and oxygen atoms in total. The number of hydrogen-bond donors (Lipinski definition) is 1. The van der Waals surface area contributed by atoms with Gasteiger partial charge in [-0.05, 0) is 88.8 Å². The number of rotatable bonds is 6. The summed E-state index contributed by atoms with van der Waals surface area (Å²) in [5, 5.41) is 10.3. The fourth-order valence-corrected chi connectivity index (χ4v) is 5.81. The Morgan fingerprint density at radius 3 is 2.39 bits per heavy atom. The van der Waals surface area contributed by atoms with Crippen molar-refractivity contribution in [1.82, 2.24) is 14.9 Å². The van der Waals surface area contributed by atoms with Crippen LogP contribution in [0.1, 0.15) is 56.8 Å².